The maximum atomic E-state index is 10.4. The Kier molecular flexibility index (Phi) is 3.37. The number of nitro groups is 1. The van der Waals surface area contributed by atoms with E-state index in [2.05, 4.69) is 10.0 Å². The van der Waals surface area contributed by atoms with Gasteiger partial charge in [-0.05, 0) is 17.2 Å². The van der Waals surface area contributed by atoms with Crippen LogP contribution in [0.3, 0.4) is 0 Å². The van der Waals surface area contributed by atoms with Gasteiger partial charge in [-0.3, -0.25) is 14.9 Å². The van der Waals surface area contributed by atoms with Crippen molar-refractivity contribution in [3.63, 3.8) is 0 Å². The lowest BCUT2D eigenvalue weighted by atomic mass is 10.1. The molecule has 0 saturated carbocycles. The van der Waals surface area contributed by atoms with Gasteiger partial charge in [0, 0.05) is 22.6 Å². The summed E-state index contributed by atoms with van der Waals surface area (Å²) in [6, 6.07) is 3.65. The van der Waals surface area contributed by atoms with Crippen molar-refractivity contribution in [1.29, 1.82) is 0 Å². The van der Waals surface area contributed by atoms with Crippen molar-refractivity contribution in [2.45, 2.75) is 6.54 Å². The molecule has 75 valence electrons. The summed E-state index contributed by atoms with van der Waals surface area (Å²) < 4.78 is 0. The summed E-state index contributed by atoms with van der Waals surface area (Å²) in [5.74, 6) is 0. The molecule has 0 aliphatic carbocycles. The van der Waals surface area contributed by atoms with E-state index in [1.54, 1.807) is 6.29 Å². The summed E-state index contributed by atoms with van der Waals surface area (Å²) in [5.41, 5.74) is 8.39. The quantitative estimate of drug-likeness (QED) is 0.246. The highest BCUT2D eigenvalue weighted by molar-refractivity contribution is 5.78. The van der Waals surface area contributed by atoms with Crippen LogP contribution in [-0.2, 0) is 11.3 Å². The van der Waals surface area contributed by atoms with Crippen LogP contribution in [0.5, 0.6) is 0 Å². The fourth-order valence-electron chi connectivity index (χ4n) is 1.03. The Morgan fingerprint density at radius 1 is 1.60 bits per heavy atom. The van der Waals surface area contributed by atoms with Crippen LogP contribution in [0.1, 0.15) is 11.1 Å². The number of carbonyl (C=O) groups excluding carboxylic acids is 1. The molecule has 0 aromatic heterocycles. The lowest BCUT2D eigenvalue weighted by molar-refractivity contribution is -0.384. The van der Waals surface area contributed by atoms with Gasteiger partial charge in [0.25, 0.3) is 5.69 Å². The van der Waals surface area contributed by atoms with E-state index in [1.165, 1.54) is 18.2 Å². The largest absolute Gasteiger partial charge is 0.285 e. The van der Waals surface area contributed by atoms with Crippen LogP contribution in [0.25, 0.3) is 10.4 Å². The number of nitro benzene ring substituents is 1. The Labute approximate surface area is 84.1 Å². The van der Waals surface area contributed by atoms with Gasteiger partial charge in [-0.1, -0.05) is 5.11 Å². The summed E-state index contributed by atoms with van der Waals surface area (Å²) in [4.78, 5) is 22.8. The molecule has 0 aliphatic heterocycles. The first kappa shape index (κ1) is 10.7. The van der Waals surface area contributed by atoms with E-state index >= 15 is 0 Å². The second-order valence-corrected chi connectivity index (χ2v) is 2.59. The van der Waals surface area contributed by atoms with Gasteiger partial charge in [0.05, 0.1) is 11.5 Å². The number of rotatable bonds is 4. The van der Waals surface area contributed by atoms with Gasteiger partial charge in [0.1, 0.15) is 0 Å². The van der Waals surface area contributed by atoms with Crippen molar-refractivity contribution >= 4 is 12.0 Å². The van der Waals surface area contributed by atoms with Gasteiger partial charge in [0.2, 0.25) is 6.29 Å². The van der Waals surface area contributed by atoms with E-state index in [4.69, 9.17) is 5.53 Å². The highest BCUT2D eigenvalue weighted by Crippen LogP contribution is 2.17. The zero-order chi connectivity index (χ0) is 11.3. The first-order valence-electron chi connectivity index (χ1n) is 3.85. The molecule has 0 saturated heterocycles. The fourth-order valence-corrected chi connectivity index (χ4v) is 1.03. The van der Waals surface area contributed by atoms with Gasteiger partial charge < -0.3 is 0 Å². The van der Waals surface area contributed by atoms with Gasteiger partial charge in [0.15, 0.2) is 0 Å². The normalized spacial score (nSPS) is 9.07. The Morgan fingerprint density at radius 2 is 2.33 bits per heavy atom. The van der Waals surface area contributed by atoms with E-state index in [1.807, 2.05) is 0 Å². The molecule has 0 spiro atoms. The van der Waals surface area contributed by atoms with Crippen LogP contribution < -0.4 is 0 Å². The summed E-state index contributed by atoms with van der Waals surface area (Å²) in [6.45, 7) is -0.108. The van der Waals surface area contributed by atoms with Crippen molar-refractivity contribution in [2.24, 2.45) is 5.11 Å². The second kappa shape index (κ2) is 4.73. The molecule has 0 bridgehead atoms. The second-order valence-electron chi connectivity index (χ2n) is 2.59. The molecular weight excluding hydrogens is 200 g/mol. The summed E-state index contributed by atoms with van der Waals surface area (Å²) >= 11 is 0. The lowest BCUT2D eigenvalue weighted by Gasteiger charge is -1.99. The molecule has 0 unspecified atom stereocenters. The molecule has 0 fully saturated rings. The molecule has 1 aromatic rings. The van der Waals surface area contributed by atoms with E-state index in [0.717, 1.165) is 0 Å². The third-order valence-corrected chi connectivity index (χ3v) is 1.71. The van der Waals surface area contributed by atoms with Crippen molar-refractivity contribution in [3.05, 3.63) is 49.9 Å². The molecule has 0 atom stereocenters. The molecule has 1 rings (SSSR count). The van der Waals surface area contributed by atoms with Crippen molar-refractivity contribution in [2.75, 3.05) is 0 Å². The average Bonchev–Trinajstić information content (AvgIpc) is 2.25. The van der Waals surface area contributed by atoms with Crippen LogP contribution in [0, 0.1) is 10.1 Å². The number of nitrogens with zero attached hydrogens (tertiary/aromatic N) is 4. The highest BCUT2D eigenvalue weighted by atomic mass is 16.6. The van der Waals surface area contributed by atoms with Crippen molar-refractivity contribution in [3.8, 4) is 0 Å². The number of non-ortho nitro benzene ring substituents is 1. The molecule has 1 aromatic carbocycles. The number of hydrogen-bond acceptors (Lipinski definition) is 4. The van der Waals surface area contributed by atoms with E-state index in [9.17, 15) is 14.9 Å². The summed E-state index contributed by atoms with van der Waals surface area (Å²) in [6.07, 6.45) is 1.61. The first-order valence-corrected chi connectivity index (χ1v) is 3.85. The van der Waals surface area contributed by atoms with E-state index in [-0.39, 0.29) is 23.4 Å². The molecule has 7 heteroatoms. The minimum atomic E-state index is -0.589. The fraction of sp³-hybridized carbons (Fsp3) is 0.125. The third-order valence-electron chi connectivity index (χ3n) is 1.71. The molecule has 1 radical (unpaired) electrons. The summed E-state index contributed by atoms with van der Waals surface area (Å²) in [7, 11) is 0. The maximum Gasteiger partial charge on any atom is 0.269 e. The van der Waals surface area contributed by atoms with Crippen molar-refractivity contribution in [1.82, 2.24) is 0 Å². The Morgan fingerprint density at radius 3 is 2.87 bits per heavy atom. The SMILES string of the molecule is [N-]=[N+]=NCc1cc([N+](=O)[O-])ccc1[C]=O. The Hall–Kier alpha value is -2.40. The van der Waals surface area contributed by atoms with Crippen LogP contribution in [0.4, 0.5) is 5.69 Å². The van der Waals surface area contributed by atoms with Crippen LogP contribution >= 0.6 is 0 Å². The number of benzene rings is 1. The molecule has 0 N–H and O–H groups in total. The predicted molar refractivity (Wildman–Crippen MR) is 50.7 cm³/mol. The van der Waals surface area contributed by atoms with Gasteiger partial charge in [-0.15, -0.1) is 0 Å². The van der Waals surface area contributed by atoms with Crippen LogP contribution in [0.2, 0.25) is 0 Å². The summed E-state index contributed by atoms with van der Waals surface area (Å²) in [5, 5.41) is 13.7. The molecule has 7 nitrogen and oxygen atoms in total. The topological polar surface area (TPSA) is 109 Å². The zero-order valence-electron chi connectivity index (χ0n) is 7.45. The lowest BCUT2D eigenvalue weighted by Crippen LogP contribution is -1.95. The van der Waals surface area contributed by atoms with E-state index in [0.29, 0.717) is 0 Å². The van der Waals surface area contributed by atoms with Gasteiger partial charge >= 0.3 is 0 Å². The molecule has 0 aliphatic rings. The molecule has 15 heavy (non-hydrogen) atoms. The molecule has 0 amide bonds. The minimum absolute atomic E-state index is 0.108. The van der Waals surface area contributed by atoms with Gasteiger partial charge in [-0.25, -0.2) is 0 Å². The third kappa shape index (κ3) is 2.52. The Balaban J connectivity index is 3.17. The van der Waals surface area contributed by atoms with Gasteiger partial charge in [-0.2, -0.15) is 0 Å². The van der Waals surface area contributed by atoms with Crippen LogP contribution in [0.15, 0.2) is 23.3 Å². The monoisotopic (exact) mass is 205 g/mol. The Bertz CT molecular complexity index is 451. The minimum Gasteiger partial charge on any atom is -0.285 e. The van der Waals surface area contributed by atoms with Crippen molar-refractivity contribution < 1.29 is 9.72 Å². The molecular formula is C8H5N4O3. The molecule has 0 heterocycles. The zero-order valence-corrected chi connectivity index (χ0v) is 7.45. The number of hydrogen-bond donors (Lipinski definition) is 0. The standard InChI is InChI=1S/C8H5N4O3/c9-11-10-4-7-3-8(12(14)15)2-1-6(7)5-13/h1-3H,4H2. The smallest absolute Gasteiger partial charge is 0.269 e. The van der Waals surface area contributed by atoms with E-state index < -0.39 is 4.92 Å². The maximum absolute atomic E-state index is 10.4. The number of azide groups is 1. The predicted octanol–water partition coefficient (Wildman–Crippen LogP) is 1.86. The van der Waals surface area contributed by atoms with Crippen LogP contribution in [-0.4, -0.2) is 11.2 Å². The first-order chi connectivity index (χ1) is 7.19. The average molecular weight is 205 g/mol. The highest BCUT2D eigenvalue weighted by Gasteiger charge is 2.09.